The molecule has 33 heavy (non-hydrogen) atoms. The average Bonchev–Trinajstić information content (AvgIpc) is 3.28. The van der Waals surface area contributed by atoms with Gasteiger partial charge in [0.2, 0.25) is 5.13 Å². The Balaban J connectivity index is 1.77. The Morgan fingerprint density at radius 1 is 1.00 bits per heavy atom. The van der Waals surface area contributed by atoms with Crippen LogP contribution in [0.25, 0.3) is 21.7 Å². The quantitative estimate of drug-likeness (QED) is 0.210. The van der Waals surface area contributed by atoms with E-state index in [1.54, 1.807) is 37.4 Å². The number of para-hydroxylation sites is 1. The SMILES string of the molecule is COc1ccc(-c2nc(/N=C/c3cccc(OC)c3O)sc2-c2ccc([N+](=O)[O-])cc2)cc1. The molecule has 0 atom stereocenters. The number of thiazole rings is 1. The van der Waals surface area contributed by atoms with Crippen molar-refractivity contribution in [2.45, 2.75) is 0 Å². The van der Waals surface area contributed by atoms with E-state index in [4.69, 9.17) is 14.5 Å². The third-order valence-corrected chi connectivity index (χ3v) is 5.90. The number of rotatable bonds is 7. The van der Waals surface area contributed by atoms with Crippen molar-refractivity contribution in [2.75, 3.05) is 14.2 Å². The van der Waals surface area contributed by atoms with Crippen LogP contribution in [0, 0.1) is 10.1 Å². The summed E-state index contributed by atoms with van der Waals surface area (Å²) in [6.45, 7) is 0. The minimum atomic E-state index is -0.433. The van der Waals surface area contributed by atoms with E-state index in [9.17, 15) is 15.2 Å². The Kier molecular flexibility index (Phi) is 6.32. The van der Waals surface area contributed by atoms with Crippen LogP contribution in [0.1, 0.15) is 5.56 Å². The molecule has 9 heteroatoms. The first-order valence-electron chi connectivity index (χ1n) is 9.80. The minimum absolute atomic E-state index is 0.00808. The Morgan fingerprint density at radius 2 is 1.70 bits per heavy atom. The van der Waals surface area contributed by atoms with Crippen molar-refractivity contribution < 1.29 is 19.5 Å². The maximum atomic E-state index is 11.0. The van der Waals surface area contributed by atoms with E-state index in [0.29, 0.717) is 22.1 Å². The van der Waals surface area contributed by atoms with Crippen molar-refractivity contribution in [3.8, 4) is 38.9 Å². The zero-order chi connectivity index (χ0) is 23.4. The maximum absolute atomic E-state index is 11.0. The van der Waals surface area contributed by atoms with Gasteiger partial charge in [0, 0.05) is 29.5 Å². The van der Waals surface area contributed by atoms with Crippen LogP contribution in [-0.2, 0) is 0 Å². The number of phenolic OH excluding ortho intramolecular Hbond substituents is 1. The summed E-state index contributed by atoms with van der Waals surface area (Å²) in [5.41, 5.74) is 2.84. The molecule has 166 valence electrons. The van der Waals surface area contributed by atoms with E-state index in [-0.39, 0.29) is 11.4 Å². The van der Waals surface area contributed by atoms with Crippen LogP contribution in [0.4, 0.5) is 10.8 Å². The predicted molar refractivity (Wildman–Crippen MR) is 128 cm³/mol. The second kappa shape index (κ2) is 9.49. The number of hydrogen-bond acceptors (Lipinski definition) is 8. The Morgan fingerprint density at radius 3 is 2.33 bits per heavy atom. The van der Waals surface area contributed by atoms with Gasteiger partial charge in [0.15, 0.2) is 11.5 Å². The van der Waals surface area contributed by atoms with Gasteiger partial charge in [-0.1, -0.05) is 17.4 Å². The fourth-order valence-electron chi connectivity index (χ4n) is 3.17. The number of aliphatic imine (C=N–C) groups is 1. The van der Waals surface area contributed by atoms with Gasteiger partial charge < -0.3 is 14.6 Å². The number of benzene rings is 3. The number of nitro groups is 1. The van der Waals surface area contributed by atoms with Crippen LogP contribution in [0.15, 0.2) is 71.7 Å². The molecule has 0 fully saturated rings. The summed E-state index contributed by atoms with van der Waals surface area (Å²) in [7, 11) is 3.08. The highest BCUT2D eigenvalue weighted by Gasteiger charge is 2.16. The lowest BCUT2D eigenvalue weighted by atomic mass is 10.1. The van der Waals surface area contributed by atoms with Crippen molar-refractivity contribution in [2.24, 2.45) is 4.99 Å². The fraction of sp³-hybridized carbons (Fsp3) is 0.0833. The summed E-state index contributed by atoms with van der Waals surface area (Å²) in [6, 6.07) is 18.9. The number of nitrogens with zero attached hydrogens (tertiary/aromatic N) is 3. The second-order valence-electron chi connectivity index (χ2n) is 6.86. The van der Waals surface area contributed by atoms with E-state index in [1.807, 2.05) is 24.3 Å². The smallest absolute Gasteiger partial charge is 0.269 e. The zero-order valence-corrected chi connectivity index (χ0v) is 18.6. The highest BCUT2D eigenvalue weighted by Crippen LogP contribution is 2.41. The minimum Gasteiger partial charge on any atom is -0.504 e. The number of aromatic hydroxyl groups is 1. The highest BCUT2D eigenvalue weighted by molar-refractivity contribution is 7.19. The van der Waals surface area contributed by atoms with E-state index in [0.717, 1.165) is 21.8 Å². The number of ether oxygens (including phenoxy) is 2. The summed E-state index contributed by atoms with van der Waals surface area (Å²) < 4.78 is 10.4. The largest absolute Gasteiger partial charge is 0.504 e. The molecular weight excluding hydrogens is 442 g/mol. The van der Waals surface area contributed by atoms with Gasteiger partial charge >= 0.3 is 0 Å². The molecule has 1 N–H and O–H groups in total. The normalized spacial score (nSPS) is 11.0. The first-order chi connectivity index (χ1) is 16.0. The van der Waals surface area contributed by atoms with Crippen molar-refractivity contribution >= 4 is 28.4 Å². The lowest BCUT2D eigenvalue weighted by Crippen LogP contribution is -1.88. The van der Waals surface area contributed by atoms with Gasteiger partial charge in [-0.2, -0.15) is 0 Å². The van der Waals surface area contributed by atoms with Crippen LogP contribution < -0.4 is 9.47 Å². The van der Waals surface area contributed by atoms with E-state index in [2.05, 4.69) is 4.99 Å². The van der Waals surface area contributed by atoms with Gasteiger partial charge in [-0.15, -0.1) is 0 Å². The number of aromatic nitrogens is 1. The standard InChI is InChI=1S/C24H19N3O5S/c1-31-19-12-8-15(9-13-19)21-23(16-6-10-18(11-7-16)27(29)30)33-24(26-21)25-14-17-4-3-5-20(32-2)22(17)28/h3-14,28H,1-2H3/b25-14+. The number of nitro benzene ring substituents is 1. The van der Waals surface area contributed by atoms with Gasteiger partial charge in [0.05, 0.1) is 29.7 Å². The lowest BCUT2D eigenvalue weighted by Gasteiger charge is -2.04. The summed E-state index contributed by atoms with van der Waals surface area (Å²) in [6.07, 6.45) is 1.52. The summed E-state index contributed by atoms with van der Waals surface area (Å²) in [4.78, 5) is 20.6. The second-order valence-corrected chi connectivity index (χ2v) is 7.84. The van der Waals surface area contributed by atoms with Crippen molar-refractivity contribution in [1.29, 1.82) is 0 Å². The Hall–Kier alpha value is -4.24. The molecule has 8 nitrogen and oxygen atoms in total. The predicted octanol–water partition coefficient (Wildman–Crippen LogP) is 5.86. The molecule has 0 aliphatic heterocycles. The molecule has 0 saturated carbocycles. The monoisotopic (exact) mass is 461 g/mol. The number of hydrogen-bond donors (Lipinski definition) is 1. The third-order valence-electron chi connectivity index (χ3n) is 4.88. The van der Waals surface area contributed by atoms with E-state index >= 15 is 0 Å². The Labute approximate surface area is 193 Å². The van der Waals surface area contributed by atoms with Crippen LogP contribution in [-0.4, -0.2) is 35.4 Å². The van der Waals surface area contributed by atoms with Crippen LogP contribution in [0.3, 0.4) is 0 Å². The molecule has 0 bridgehead atoms. The lowest BCUT2D eigenvalue weighted by molar-refractivity contribution is -0.384. The molecule has 0 spiro atoms. The van der Waals surface area contributed by atoms with Crippen molar-refractivity contribution in [1.82, 2.24) is 4.98 Å². The van der Waals surface area contributed by atoms with Crippen LogP contribution in [0.2, 0.25) is 0 Å². The number of methoxy groups -OCH3 is 2. The maximum Gasteiger partial charge on any atom is 0.269 e. The molecule has 0 aliphatic rings. The molecular formula is C24H19N3O5S. The van der Waals surface area contributed by atoms with E-state index < -0.39 is 4.92 Å². The van der Waals surface area contributed by atoms with Crippen molar-refractivity contribution in [3.05, 3.63) is 82.4 Å². The van der Waals surface area contributed by atoms with Crippen molar-refractivity contribution in [3.63, 3.8) is 0 Å². The third kappa shape index (κ3) is 4.68. The molecule has 0 amide bonds. The first-order valence-corrected chi connectivity index (χ1v) is 10.6. The first kappa shape index (κ1) is 22.0. The summed E-state index contributed by atoms with van der Waals surface area (Å²) in [5, 5.41) is 21.8. The van der Waals surface area contributed by atoms with E-state index in [1.165, 1.54) is 36.8 Å². The summed E-state index contributed by atoms with van der Waals surface area (Å²) >= 11 is 1.34. The molecule has 4 rings (SSSR count). The van der Waals surface area contributed by atoms with Gasteiger partial charge in [0.1, 0.15) is 5.75 Å². The van der Waals surface area contributed by atoms with Gasteiger partial charge in [-0.25, -0.2) is 9.98 Å². The molecule has 1 aromatic heterocycles. The molecule has 0 saturated heterocycles. The molecule has 0 aliphatic carbocycles. The zero-order valence-electron chi connectivity index (χ0n) is 17.8. The topological polar surface area (TPSA) is 107 Å². The van der Waals surface area contributed by atoms with Crippen LogP contribution in [0.5, 0.6) is 17.2 Å². The highest BCUT2D eigenvalue weighted by atomic mass is 32.1. The average molecular weight is 461 g/mol. The molecule has 3 aromatic carbocycles. The molecule has 0 radical (unpaired) electrons. The van der Waals surface area contributed by atoms with Gasteiger partial charge in [0.25, 0.3) is 5.69 Å². The Bertz CT molecular complexity index is 1320. The van der Waals surface area contributed by atoms with Crippen LogP contribution >= 0.6 is 11.3 Å². The van der Waals surface area contributed by atoms with Gasteiger partial charge in [-0.3, -0.25) is 10.1 Å². The molecule has 4 aromatic rings. The van der Waals surface area contributed by atoms with Gasteiger partial charge in [-0.05, 0) is 54.1 Å². The number of non-ortho nitro benzene ring substituents is 1. The number of phenols is 1. The molecule has 0 unspecified atom stereocenters. The molecule has 1 heterocycles. The fourth-order valence-corrected chi connectivity index (χ4v) is 4.11. The summed E-state index contributed by atoms with van der Waals surface area (Å²) in [5.74, 6) is 1.06.